The van der Waals surface area contributed by atoms with Gasteiger partial charge in [0.15, 0.2) is 0 Å². The highest BCUT2D eigenvalue weighted by molar-refractivity contribution is 7.06. The van der Waals surface area contributed by atoms with Gasteiger partial charge in [0.25, 0.3) is 0 Å². The first-order valence-electron chi connectivity index (χ1n) is 9.24. The summed E-state index contributed by atoms with van der Waals surface area (Å²) in [4.78, 5) is 5.99. The van der Waals surface area contributed by atoms with Crippen LogP contribution in [0.5, 0.6) is 0 Å². The predicted octanol–water partition coefficient (Wildman–Crippen LogP) is 5.70. The molecule has 0 amide bonds. The van der Waals surface area contributed by atoms with Gasteiger partial charge in [0.2, 0.25) is 0 Å². The molecule has 4 heteroatoms. The highest BCUT2D eigenvalue weighted by Gasteiger charge is 2.31. The Bertz CT molecular complexity index is 1010. The lowest BCUT2D eigenvalue weighted by Crippen LogP contribution is -2.23. The zero-order valence-corrected chi connectivity index (χ0v) is 16.3. The Kier molecular flexibility index (Phi) is 4.87. The number of hydrogen-bond acceptors (Lipinski definition) is 4. The largest absolute Gasteiger partial charge is 0.256 e. The molecule has 0 bridgehead atoms. The van der Waals surface area contributed by atoms with Gasteiger partial charge in [0, 0.05) is 34.3 Å². The molecule has 0 saturated heterocycles. The summed E-state index contributed by atoms with van der Waals surface area (Å²) in [6.45, 7) is 4.66. The molecular weight excluding hydrogens is 350 g/mol. The number of benzene rings is 1. The molecule has 0 fully saturated rings. The second kappa shape index (κ2) is 7.46. The number of fused-ring (bicyclic) bond motifs is 1. The number of nitriles is 1. The second-order valence-electron chi connectivity index (χ2n) is 7.27. The fraction of sp³-hybridized carbons (Fsp3) is 0.261. The Hall–Kier alpha value is -2.77. The summed E-state index contributed by atoms with van der Waals surface area (Å²) >= 11 is 1.63. The molecule has 0 aliphatic heterocycles. The van der Waals surface area contributed by atoms with E-state index in [9.17, 15) is 5.26 Å². The van der Waals surface area contributed by atoms with Gasteiger partial charge in [-0.05, 0) is 53.6 Å². The van der Waals surface area contributed by atoms with Crippen molar-refractivity contribution >= 4 is 17.6 Å². The number of nitrogens with zero attached hydrogens (tertiary/aromatic N) is 3. The van der Waals surface area contributed by atoms with Crippen molar-refractivity contribution in [1.82, 2.24) is 9.36 Å². The van der Waals surface area contributed by atoms with Gasteiger partial charge in [-0.25, -0.2) is 4.37 Å². The van der Waals surface area contributed by atoms with Crippen LogP contribution in [0.15, 0.2) is 54.9 Å². The molecule has 2 aromatic heterocycles. The standard InChI is InChI=1S/C23H21N3S/c1-15-11-19-14-26-27-23(19)21(16(15)2)10-9-20-8-7-18(13-25-20)22-6-4-3-5-17(22)12-24/h3-10,13-16,21H,11H2,1-2H3/t15-,16+,21-/m0/s1. The monoisotopic (exact) mass is 371 g/mol. The average molecular weight is 372 g/mol. The third-order valence-corrected chi connectivity index (χ3v) is 6.55. The molecule has 0 saturated carbocycles. The number of allylic oxidation sites excluding steroid dienone is 1. The lowest BCUT2D eigenvalue weighted by molar-refractivity contribution is 0.336. The molecule has 1 aliphatic carbocycles. The van der Waals surface area contributed by atoms with Gasteiger partial charge in [-0.3, -0.25) is 4.98 Å². The van der Waals surface area contributed by atoms with Gasteiger partial charge in [-0.1, -0.05) is 44.2 Å². The third-order valence-electron chi connectivity index (χ3n) is 5.60. The van der Waals surface area contributed by atoms with Crippen LogP contribution >= 0.6 is 11.5 Å². The number of pyridine rings is 1. The Morgan fingerprint density at radius 2 is 2.00 bits per heavy atom. The maximum absolute atomic E-state index is 9.29. The molecule has 2 heterocycles. The van der Waals surface area contributed by atoms with Crippen molar-refractivity contribution in [3.63, 3.8) is 0 Å². The average Bonchev–Trinajstić information content (AvgIpc) is 3.16. The molecule has 3 atom stereocenters. The minimum absolute atomic E-state index is 0.400. The van der Waals surface area contributed by atoms with Gasteiger partial charge in [0.05, 0.1) is 17.3 Å². The number of rotatable bonds is 3. The first kappa shape index (κ1) is 17.6. The van der Waals surface area contributed by atoms with E-state index in [-0.39, 0.29) is 0 Å². The molecule has 4 rings (SSSR count). The van der Waals surface area contributed by atoms with Crippen LogP contribution in [0.1, 0.15) is 41.5 Å². The molecule has 27 heavy (non-hydrogen) atoms. The molecule has 0 N–H and O–H groups in total. The Labute approximate surface area is 164 Å². The van der Waals surface area contributed by atoms with Crippen molar-refractivity contribution in [3.05, 3.63) is 76.6 Å². The van der Waals surface area contributed by atoms with Crippen molar-refractivity contribution in [2.24, 2.45) is 11.8 Å². The summed E-state index contributed by atoms with van der Waals surface area (Å²) in [5.74, 6) is 1.65. The van der Waals surface area contributed by atoms with Gasteiger partial charge in [-0.2, -0.15) is 5.26 Å². The molecule has 3 nitrogen and oxygen atoms in total. The van der Waals surface area contributed by atoms with Gasteiger partial charge in [-0.15, -0.1) is 0 Å². The van der Waals surface area contributed by atoms with Crippen LogP contribution in [0, 0.1) is 23.2 Å². The topological polar surface area (TPSA) is 49.6 Å². The zero-order chi connectivity index (χ0) is 18.8. The summed E-state index contributed by atoms with van der Waals surface area (Å²) in [6.07, 6.45) is 9.40. The third kappa shape index (κ3) is 3.43. The maximum atomic E-state index is 9.29. The lowest BCUT2D eigenvalue weighted by atomic mass is 9.74. The molecular formula is C23H21N3S. The van der Waals surface area contributed by atoms with E-state index >= 15 is 0 Å². The number of hydrogen-bond donors (Lipinski definition) is 0. The SMILES string of the molecule is C[C@H]1[C@H](C=Cc2ccc(-c3ccccc3C#N)cn2)c2sncc2C[C@@H]1C. The van der Waals surface area contributed by atoms with E-state index in [1.165, 1.54) is 10.4 Å². The smallest absolute Gasteiger partial charge is 0.0998 e. The van der Waals surface area contributed by atoms with E-state index in [1.54, 1.807) is 11.5 Å². The Morgan fingerprint density at radius 3 is 2.78 bits per heavy atom. The summed E-state index contributed by atoms with van der Waals surface area (Å²) < 4.78 is 4.41. The van der Waals surface area contributed by atoms with Crippen LogP contribution < -0.4 is 0 Å². The normalized spacial score (nSPS) is 21.7. The quantitative estimate of drug-likeness (QED) is 0.593. The van der Waals surface area contributed by atoms with Crippen molar-refractivity contribution in [2.45, 2.75) is 26.2 Å². The Balaban J connectivity index is 1.58. The van der Waals surface area contributed by atoms with Crippen LogP contribution in [0.4, 0.5) is 0 Å². The number of aromatic nitrogens is 2. The van der Waals surface area contributed by atoms with Crippen LogP contribution in [-0.2, 0) is 6.42 Å². The molecule has 0 spiro atoms. The fourth-order valence-electron chi connectivity index (χ4n) is 3.78. The molecule has 1 aromatic carbocycles. The van der Waals surface area contributed by atoms with E-state index in [0.29, 0.717) is 23.3 Å². The van der Waals surface area contributed by atoms with Gasteiger partial charge in [0.1, 0.15) is 0 Å². The predicted molar refractivity (Wildman–Crippen MR) is 110 cm³/mol. The van der Waals surface area contributed by atoms with Crippen molar-refractivity contribution in [1.29, 1.82) is 5.26 Å². The summed E-state index contributed by atoms with van der Waals surface area (Å²) in [6, 6.07) is 13.9. The van der Waals surface area contributed by atoms with E-state index in [0.717, 1.165) is 23.2 Å². The molecule has 0 radical (unpaired) electrons. The molecule has 0 unspecified atom stereocenters. The second-order valence-corrected chi connectivity index (χ2v) is 8.10. The van der Waals surface area contributed by atoms with E-state index in [2.05, 4.69) is 41.4 Å². The summed E-state index contributed by atoms with van der Waals surface area (Å²) in [7, 11) is 0. The highest BCUT2D eigenvalue weighted by atomic mass is 32.1. The van der Waals surface area contributed by atoms with E-state index < -0.39 is 0 Å². The lowest BCUT2D eigenvalue weighted by Gasteiger charge is -2.31. The van der Waals surface area contributed by atoms with E-state index in [1.807, 2.05) is 48.8 Å². The minimum atomic E-state index is 0.400. The summed E-state index contributed by atoms with van der Waals surface area (Å²) in [5, 5.41) is 9.29. The zero-order valence-electron chi connectivity index (χ0n) is 15.5. The summed E-state index contributed by atoms with van der Waals surface area (Å²) in [5.41, 5.74) is 4.90. The first-order chi connectivity index (χ1) is 13.2. The van der Waals surface area contributed by atoms with Gasteiger partial charge < -0.3 is 0 Å². The molecule has 1 aliphatic rings. The van der Waals surface area contributed by atoms with Crippen LogP contribution in [-0.4, -0.2) is 9.36 Å². The van der Waals surface area contributed by atoms with Crippen LogP contribution in [0.3, 0.4) is 0 Å². The van der Waals surface area contributed by atoms with Crippen molar-refractivity contribution in [3.8, 4) is 17.2 Å². The fourth-order valence-corrected chi connectivity index (χ4v) is 4.74. The van der Waals surface area contributed by atoms with Crippen LogP contribution in [0.25, 0.3) is 17.2 Å². The highest BCUT2D eigenvalue weighted by Crippen LogP contribution is 2.42. The molecule has 134 valence electrons. The van der Waals surface area contributed by atoms with Crippen molar-refractivity contribution in [2.75, 3.05) is 0 Å². The minimum Gasteiger partial charge on any atom is -0.256 e. The maximum Gasteiger partial charge on any atom is 0.0998 e. The first-order valence-corrected chi connectivity index (χ1v) is 10.0. The van der Waals surface area contributed by atoms with E-state index in [4.69, 9.17) is 0 Å². The van der Waals surface area contributed by atoms with Crippen LogP contribution in [0.2, 0.25) is 0 Å². The Morgan fingerprint density at radius 1 is 1.15 bits per heavy atom. The molecule has 3 aromatic rings. The van der Waals surface area contributed by atoms with Gasteiger partial charge >= 0.3 is 0 Å². The van der Waals surface area contributed by atoms with Crippen molar-refractivity contribution < 1.29 is 0 Å².